The second-order valence-corrected chi connectivity index (χ2v) is 30.4. The van der Waals surface area contributed by atoms with Gasteiger partial charge in [-0.25, -0.2) is 9.13 Å². The molecule has 0 aliphatic rings. The van der Waals surface area contributed by atoms with Gasteiger partial charge in [-0.05, 0) is 148 Å². The Labute approximate surface area is 650 Å². The summed E-state index contributed by atoms with van der Waals surface area (Å²) in [6.07, 6.45) is 102. The molecule has 18 heteroatoms. The van der Waals surface area contributed by atoms with Crippen LogP contribution in [-0.2, 0) is 55.8 Å². The summed E-state index contributed by atoms with van der Waals surface area (Å²) in [4.78, 5) is 58.7. The first-order valence-corrected chi connectivity index (χ1v) is 44.8. The Morgan fingerprint density at radius 1 is 0.271 bits per heavy atom. The Bertz CT molecular complexity index is 2580. The lowest BCUT2D eigenvalue weighted by Gasteiger charge is -2.21. The minimum Gasteiger partial charge on any atom is -0.463 e. The standard InChI is InChI=1S/C89H150O16P2/c1-4-7-10-13-16-19-22-25-27-29-31-33-35-36-37-38-39-40-41-42-43-44-45-46-48-50-51-53-55-58-60-63-66-69-72-75-87(92)99-78-84(90)79-101-106(95,96)102-80-85(91)81-103-107(97,98)104-83-86(105-89(94)77-74-71-68-65-62-57-24-21-18-15-12-9-6-3)82-100-88(93)76-73-70-67-64-61-59-56-54-52-49-47-34-32-30-28-26-23-20-17-14-11-8-5-2/h7-8,10-11,16-17,19-21,24-28,31-34,36-37,39-40,49,52,56,59,84-86,90-91H,4-6,9,12-15,18,22-23,29-30,35,38,41-48,50-51,53-55,57-58,60-83H2,1-3H3,(H,95,96)(H,97,98)/b10-7-,11-8-,19-16-,20-17-,24-21-,27-25-,28-26-,33-31-,34-32-,37-36-,40-39-,52-49-,59-56-. The van der Waals surface area contributed by atoms with Gasteiger partial charge in [0.25, 0.3) is 0 Å². The number of rotatable bonds is 78. The molecule has 0 fully saturated rings. The summed E-state index contributed by atoms with van der Waals surface area (Å²) >= 11 is 0. The highest BCUT2D eigenvalue weighted by atomic mass is 31.2. The van der Waals surface area contributed by atoms with E-state index in [0.29, 0.717) is 19.3 Å². The van der Waals surface area contributed by atoms with Crippen molar-refractivity contribution in [2.24, 2.45) is 0 Å². The van der Waals surface area contributed by atoms with Crippen molar-refractivity contribution >= 4 is 33.6 Å². The van der Waals surface area contributed by atoms with Crippen molar-refractivity contribution in [2.75, 3.05) is 39.6 Å². The zero-order valence-corrected chi connectivity index (χ0v) is 68.8. The second kappa shape index (κ2) is 80.7. The van der Waals surface area contributed by atoms with Crippen LogP contribution in [0.4, 0.5) is 0 Å². The van der Waals surface area contributed by atoms with Gasteiger partial charge in [0.2, 0.25) is 0 Å². The molecule has 0 aliphatic carbocycles. The van der Waals surface area contributed by atoms with Crippen molar-refractivity contribution in [2.45, 2.75) is 347 Å². The van der Waals surface area contributed by atoms with Crippen LogP contribution in [0.5, 0.6) is 0 Å². The number of allylic oxidation sites excluding steroid dienone is 26. The fraction of sp³-hybridized carbons (Fsp3) is 0.674. The lowest BCUT2D eigenvalue weighted by molar-refractivity contribution is -0.161. The van der Waals surface area contributed by atoms with Crippen molar-refractivity contribution in [3.05, 3.63) is 158 Å². The van der Waals surface area contributed by atoms with Gasteiger partial charge in [-0.1, -0.05) is 320 Å². The van der Waals surface area contributed by atoms with Gasteiger partial charge in [0.15, 0.2) is 6.10 Å². The molecule has 0 aliphatic heterocycles. The molecule has 0 aromatic rings. The second-order valence-electron chi connectivity index (χ2n) is 27.5. The molecule has 107 heavy (non-hydrogen) atoms. The zero-order chi connectivity index (χ0) is 78.0. The monoisotopic (exact) mass is 1540 g/mol. The van der Waals surface area contributed by atoms with E-state index < -0.39 is 91.5 Å². The van der Waals surface area contributed by atoms with E-state index in [2.05, 4.69) is 179 Å². The van der Waals surface area contributed by atoms with E-state index in [1.807, 2.05) is 0 Å². The molecule has 5 unspecified atom stereocenters. The molecule has 0 aromatic heterocycles. The van der Waals surface area contributed by atoms with Gasteiger partial charge >= 0.3 is 33.6 Å². The Morgan fingerprint density at radius 2 is 0.495 bits per heavy atom. The maximum atomic E-state index is 12.9. The minimum atomic E-state index is -4.94. The van der Waals surface area contributed by atoms with Crippen LogP contribution in [0.2, 0.25) is 0 Å². The molecule has 0 spiro atoms. The lowest BCUT2D eigenvalue weighted by Crippen LogP contribution is -2.30. The van der Waals surface area contributed by atoms with Crippen LogP contribution in [0.3, 0.4) is 0 Å². The summed E-state index contributed by atoms with van der Waals surface area (Å²) in [6, 6.07) is 0. The molecule has 16 nitrogen and oxygen atoms in total. The quantitative estimate of drug-likeness (QED) is 0.0146. The molecule has 612 valence electrons. The molecule has 0 saturated heterocycles. The maximum absolute atomic E-state index is 12.9. The highest BCUT2D eigenvalue weighted by Gasteiger charge is 2.29. The topological polar surface area (TPSA) is 231 Å². The van der Waals surface area contributed by atoms with E-state index in [-0.39, 0.29) is 19.3 Å². The first-order valence-electron chi connectivity index (χ1n) is 41.8. The van der Waals surface area contributed by atoms with Crippen LogP contribution in [0.25, 0.3) is 0 Å². The van der Waals surface area contributed by atoms with E-state index in [1.165, 1.54) is 109 Å². The number of hydrogen-bond donors (Lipinski definition) is 4. The Kier molecular flexibility index (Phi) is 77.0. The summed E-state index contributed by atoms with van der Waals surface area (Å²) in [5.74, 6) is -1.61. The van der Waals surface area contributed by atoms with Crippen molar-refractivity contribution in [3.63, 3.8) is 0 Å². The van der Waals surface area contributed by atoms with E-state index >= 15 is 0 Å². The van der Waals surface area contributed by atoms with Crippen molar-refractivity contribution in [3.8, 4) is 0 Å². The number of aliphatic hydroxyl groups excluding tert-OH is 2. The fourth-order valence-electron chi connectivity index (χ4n) is 10.9. The van der Waals surface area contributed by atoms with Crippen LogP contribution in [0, 0.1) is 0 Å². The van der Waals surface area contributed by atoms with Crippen LogP contribution in [-0.4, -0.2) is 95.9 Å². The molecule has 0 aromatic carbocycles. The molecule has 4 N–H and O–H groups in total. The highest BCUT2D eigenvalue weighted by molar-refractivity contribution is 7.47. The Morgan fingerprint density at radius 3 is 0.794 bits per heavy atom. The Hall–Kier alpha value is -4.83. The van der Waals surface area contributed by atoms with E-state index in [1.54, 1.807) is 0 Å². The molecule has 0 saturated carbocycles. The van der Waals surface area contributed by atoms with E-state index in [4.69, 9.17) is 32.3 Å². The largest absolute Gasteiger partial charge is 0.472 e. The fourth-order valence-corrected chi connectivity index (χ4v) is 12.5. The smallest absolute Gasteiger partial charge is 0.463 e. The van der Waals surface area contributed by atoms with E-state index in [0.717, 1.165) is 161 Å². The van der Waals surface area contributed by atoms with Crippen LogP contribution < -0.4 is 0 Å². The first kappa shape index (κ1) is 102. The predicted octanol–water partition coefficient (Wildman–Crippen LogP) is 25.0. The first-order chi connectivity index (χ1) is 52.2. The zero-order valence-electron chi connectivity index (χ0n) is 67.0. The third-order valence-corrected chi connectivity index (χ3v) is 19.1. The van der Waals surface area contributed by atoms with Crippen molar-refractivity contribution in [1.29, 1.82) is 0 Å². The van der Waals surface area contributed by atoms with Crippen LogP contribution in [0.15, 0.2) is 158 Å². The number of carbonyl (C=O) groups excluding carboxylic acids is 3. The summed E-state index contributed by atoms with van der Waals surface area (Å²) in [5, 5.41) is 20.7. The van der Waals surface area contributed by atoms with Gasteiger partial charge < -0.3 is 34.2 Å². The molecule has 0 radical (unpaired) electrons. The number of phosphoric acid groups is 2. The van der Waals surface area contributed by atoms with Crippen molar-refractivity contribution in [1.82, 2.24) is 0 Å². The number of carbonyl (C=O) groups is 3. The summed E-state index contributed by atoms with van der Waals surface area (Å²) < 4.78 is 61.1. The average Bonchev–Trinajstić information content (AvgIpc) is 0.909. The maximum Gasteiger partial charge on any atom is 0.472 e. The number of hydrogen-bond acceptors (Lipinski definition) is 14. The van der Waals surface area contributed by atoms with Crippen LogP contribution >= 0.6 is 15.6 Å². The summed E-state index contributed by atoms with van der Waals surface area (Å²) in [6.45, 7) is 2.40. The molecule has 0 bridgehead atoms. The van der Waals surface area contributed by atoms with Crippen molar-refractivity contribution < 1.29 is 75.8 Å². The van der Waals surface area contributed by atoms with Gasteiger partial charge in [-0.15, -0.1) is 0 Å². The molecular weight excluding hydrogens is 1390 g/mol. The van der Waals surface area contributed by atoms with Gasteiger partial charge in [0.1, 0.15) is 25.4 Å². The average molecular weight is 1540 g/mol. The normalized spacial score (nSPS) is 14.7. The van der Waals surface area contributed by atoms with Crippen LogP contribution in [0.1, 0.15) is 329 Å². The number of aliphatic hydroxyl groups is 2. The van der Waals surface area contributed by atoms with Gasteiger partial charge in [-0.2, -0.15) is 0 Å². The number of ether oxygens (including phenoxy) is 3. The van der Waals surface area contributed by atoms with Gasteiger partial charge in [0.05, 0.1) is 26.4 Å². The third kappa shape index (κ3) is 82.0. The third-order valence-electron chi connectivity index (χ3n) is 17.2. The van der Waals surface area contributed by atoms with E-state index in [9.17, 15) is 43.5 Å². The summed E-state index contributed by atoms with van der Waals surface area (Å²) in [5.41, 5.74) is 0. The molecule has 0 heterocycles. The predicted molar refractivity (Wildman–Crippen MR) is 445 cm³/mol. The molecule has 0 rings (SSSR count). The highest BCUT2D eigenvalue weighted by Crippen LogP contribution is 2.45. The molecule has 5 atom stereocenters. The lowest BCUT2D eigenvalue weighted by atomic mass is 10.0. The van der Waals surface area contributed by atoms with Gasteiger partial charge in [0, 0.05) is 19.3 Å². The minimum absolute atomic E-state index is 0.0852. The Balaban J connectivity index is 4.43. The SMILES string of the molecule is CC/C=C\C/C=C\C/C=C\C/C=C\C/C=C\C/C=C\CCCCCCCCCCCCCCCCCCC(=O)OCC(O)COP(=O)(O)OCC(O)COP(=O)(O)OCC(COC(=O)CCCCCC/C=C\C/C=C\C/C=C\C/C=C\C/C=C\C/C=C\CC)OC(=O)CCCCCCC/C=C\CCCCCC. The number of esters is 3. The number of unbranched alkanes of at least 4 members (excludes halogenated alkanes) is 29. The summed E-state index contributed by atoms with van der Waals surface area (Å²) in [7, 11) is -9.80. The number of phosphoric ester groups is 2. The molecule has 0 amide bonds. The molecular formula is C89H150O16P2. The van der Waals surface area contributed by atoms with Gasteiger partial charge in [-0.3, -0.25) is 32.5 Å².